The van der Waals surface area contributed by atoms with Crippen LogP contribution in [-0.2, 0) is 24.1 Å². The normalized spacial score (nSPS) is 11.8. The van der Waals surface area contributed by atoms with Gasteiger partial charge in [-0.15, -0.1) is 0 Å². The van der Waals surface area contributed by atoms with E-state index in [0.29, 0.717) is 12.4 Å². The number of benzene rings is 1. The van der Waals surface area contributed by atoms with E-state index in [1.807, 2.05) is 0 Å². The molecule has 3 N–H and O–H groups in total. The lowest BCUT2D eigenvalue weighted by atomic mass is 10.1. The Kier molecular flexibility index (Phi) is 6.10. The highest BCUT2D eigenvalue weighted by Gasteiger charge is 2.33. The average Bonchev–Trinajstić information content (AvgIpc) is 3.01. The van der Waals surface area contributed by atoms with E-state index in [0.717, 1.165) is 6.07 Å². The molecule has 0 spiro atoms. The fourth-order valence-corrected chi connectivity index (χ4v) is 2.15. The summed E-state index contributed by atoms with van der Waals surface area (Å²) in [5.74, 6) is 0.0569. The maximum Gasteiger partial charge on any atom is 0.418 e. The quantitative estimate of drug-likeness (QED) is 0.787. The summed E-state index contributed by atoms with van der Waals surface area (Å²) in [7, 11) is 0. The van der Waals surface area contributed by atoms with Crippen LogP contribution in [0.2, 0.25) is 0 Å². The number of hydrogen-bond donors (Lipinski definition) is 2. The molecule has 0 aliphatic carbocycles. The maximum atomic E-state index is 13.0. The molecule has 2 aromatic rings. The fourth-order valence-electron chi connectivity index (χ4n) is 2.15. The minimum absolute atomic E-state index is 0.105. The Morgan fingerprint density at radius 3 is 2.68 bits per heavy atom. The second kappa shape index (κ2) is 8.08. The van der Waals surface area contributed by atoms with E-state index in [1.54, 1.807) is 11.8 Å². The van der Waals surface area contributed by atoms with Gasteiger partial charge in [0, 0.05) is 0 Å². The summed E-state index contributed by atoms with van der Waals surface area (Å²) in [6.07, 6.45) is -4.54. The van der Waals surface area contributed by atoms with Gasteiger partial charge in [0.15, 0.2) is 5.82 Å². The van der Waals surface area contributed by atoms with Crippen LogP contribution in [0.25, 0.3) is 0 Å². The van der Waals surface area contributed by atoms with Gasteiger partial charge in [-0.2, -0.15) is 18.2 Å². The van der Waals surface area contributed by atoms with Crippen LogP contribution >= 0.6 is 0 Å². The molecule has 0 saturated carbocycles. The molecule has 0 radical (unpaired) electrons. The van der Waals surface area contributed by atoms with Gasteiger partial charge in [-0.1, -0.05) is 24.2 Å². The van der Waals surface area contributed by atoms with Gasteiger partial charge in [0.05, 0.1) is 30.9 Å². The SMILES string of the molecule is CCN(CC(=O)Nc1ccccc1C(F)(F)F)Cc1noc(CN)n1. The van der Waals surface area contributed by atoms with E-state index < -0.39 is 17.6 Å². The maximum absolute atomic E-state index is 13.0. The molecular weight excluding hydrogens is 339 g/mol. The van der Waals surface area contributed by atoms with Gasteiger partial charge >= 0.3 is 6.18 Å². The first-order valence-corrected chi connectivity index (χ1v) is 7.53. The third-order valence-corrected chi connectivity index (χ3v) is 3.37. The third kappa shape index (κ3) is 5.26. The highest BCUT2D eigenvalue weighted by Crippen LogP contribution is 2.34. The van der Waals surface area contributed by atoms with Gasteiger partial charge in [-0.05, 0) is 18.7 Å². The van der Waals surface area contributed by atoms with E-state index in [9.17, 15) is 18.0 Å². The van der Waals surface area contributed by atoms with Crippen LogP contribution in [0.3, 0.4) is 0 Å². The predicted molar refractivity (Wildman–Crippen MR) is 83.2 cm³/mol. The molecule has 1 heterocycles. The van der Waals surface area contributed by atoms with Gasteiger partial charge in [0.2, 0.25) is 11.8 Å². The van der Waals surface area contributed by atoms with Gasteiger partial charge < -0.3 is 15.6 Å². The number of rotatable bonds is 7. The van der Waals surface area contributed by atoms with Crippen LogP contribution in [0.4, 0.5) is 18.9 Å². The molecule has 1 aromatic carbocycles. The van der Waals surface area contributed by atoms with Gasteiger partial charge in [-0.25, -0.2) is 0 Å². The molecule has 0 fully saturated rings. The summed E-state index contributed by atoms with van der Waals surface area (Å²) in [6, 6.07) is 4.82. The first kappa shape index (κ1) is 18.9. The van der Waals surface area contributed by atoms with Crippen molar-refractivity contribution in [2.24, 2.45) is 5.73 Å². The number of nitrogens with two attached hydrogens (primary N) is 1. The number of nitrogens with zero attached hydrogens (tertiary/aromatic N) is 3. The Hall–Kier alpha value is -2.46. The number of aromatic nitrogens is 2. The Balaban J connectivity index is 2.01. The van der Waals surface area contributed by atoms with E-state index in [4.69, 9.17) is 10.3 Å². The third-order valence-electron chi connectivity index (χ3n) is 3.37. The molecule has 10 heteroatoms. The molecule has 0 unspecified atom stereocenters. The van der Waals surface area contributed by atoms with Crippen LogP contribution in [0.15, 0.2) is 28.8 Å². The Bertz CT molecular complexity index is 717. The summed E-state index contributed by atoms with van der Waals surface area (Å²) in [5, 5.41) is 6.02. The zero-order chi connectivity index (χ0) is 18.4. The number of carbonyl (C=O) groups excluding carboxylic acids is 1. The number of nitrogens with one attached hydrogen (secondary N) is 1. The van der Waals surface area contributed by atoms with Crippen molar-refractivity contribution in [2.45, 2.75) is 26.2 Å². The molecular formula is C15H18F3N5O2. The van der Waals surface area contributed by atoms with Crippen molar-refractivity contribution in [3.05, 3.63) is 41.5 Å². The number of halogens is 3. The minimum Gasteiger partial charge on any atom is -0.338 e. The number of alkyl halides is 3. The fraction of sp³-hybridized carbons (Fsp3) is 0.400. The monoisotopic (exact) mass is 357 g/mol. The van der Waals surface area contributed by atoms with E-state index in [-0.39, 0.29) is 31.2 Å². The zero-order valence-electron chi connectivity index (χ0n) is 13.5. The van der Waals surface area contributed by atoms with E-state index in [2.05, 4.69) is 15.5 Å². The van der Waals surface area contributed by atoms with Gasteiger partial charge in [0.1, 0.15) is 0 Å². The number of likely N-dealkylation sites (N-methyl/N-ethyl adjacent to an activating group) is 1. The van der Waals surface area contributed by atoms with E-state index >= 15 is 0 Å². The number of amides is 1. The highest BCUT2D eigenvalue weighted by atomic mass is 19.4. The molecule has 1 amide bonds. The summed E-state index contributed by atoms with van der Waals surface area (Å²) >= 11 is 0. The molecule has 7 nitrogen and oxygen atoms in total. The molecule has 0 aliphatic heterocycles. The smallest absolute Gasteiger partial charge is 0.338 e. The predicted octanol–water partition coefficient (Wildman–Crippen LogP) is 2.01. The van der Waals surface area contributed by atoms with Crippen molar-refractivity contribution in [2.75, 3.05) is 18.4 Å². The molecule has 25 heavy (non-hydrogen) atoms. The van der Waals surface area contributed by atoms with Gasteiger partial charge in [0.25, 0.3) is 0 Å². The average molecular weight is 357 g/mol. The lowest BCUT2D eigenvalue weighted by Gasteiger charge is -2.19. The largest absolute Gasteiger partial charge is 0.418 e. The molecule has 0 bridgehead atoms. The molecule has 0 atom stereocenters. The summed E-state index contributed by atoms with van der Waals surface area (Å²) in [4.78, 5) is 17.8. The first-order valence-electron chi connectivity index (χ1n) is 7.53. The molecule has 2 rings (SSSR count). The van der Waals surface area contributed by atoms with Crippen molar-refractivity contribution in [3.63, 3.8) is 0 Å². The molecule has 0 saturated heterocycles. The van der Waals surface area contributed by atoms with Crippen LogP contribution in [0, 0.1) is 0 Å². The lowest BCUT2D eigenvalue weighted by Crippen LogP contribution is -2.33. The Morgan fingerprint density at radius 1 is 1.36 bits per heavy atom. The second-order valence-corrected chi connectivity index (χ2v) is 5.20. The number of para-hydroxylation sites is 1. The molecule has 1 aromatic heterocycles. The number of hydrogen-bond acceptors (Lipinski definition) is 6. The van der Waals surface area contributed by atoms with Crippen molar-refractivity contribution < 1.29 is 22.5 Å². The summed E-state index contributed by atoms with van der Waals surface area (Å²) in [6.45, 7) is 2.49. The standard InChI is InChI=1S/C15H18F3N5O2/c1-2-23(8-12-21-14(7-19)25-22-12)9-13(24)20-11-6-4-3-5-10(11)15(16,17)18/h3-6H,2,7-9,19H2,1H3,(H,20,24). The zero-order valence-corrected chi connectivity index (χ0v) is 13.5. The molecule has 0 aliphatic rings. The summed E-state index contributed by atoms with van der Waals surface area (Å²) < 4.78 is 43.7. The van der Waals surface area contributed by atoms with Crippen LogP contribution in [-0.4, -0.2) is 34.0 Å². The number of carbonyl (C=O) groups is 1. The minimum atomic E-state index is -4.54. The van der Waals surface area contributed by atoms with Crippen molar-refractivity contribution in [1.82, 2.24) is 15.0 Å². The Labute approximate surface area is 142 Å². The lowest BCUT2D eigenvalue weighted by molar-refractivity contribution is -0.137. The van der Waals surface area contributed by atoms with Crippen LogP contribution < -0.4 is 11.1 Å². The summed E-state index contributed by atoms with van der Waals surface area (Å²) in [5.41, 5.74) is 4.21. The second-order valence-electron chi connectivity index (χ2n) is 5.20. The van der Waals surface area contributed by atoms with Crippen molar-refractivity contribution >= 4 is 11.6 Å². The Morgan fingerprint density at radius 2 is 2.08 bits per heavy atom. The number of anilines is 1. The highest BCUT2D eigenvalue weighted by molar-refractivity contribution is 5.93. The van der Waals surface area contributed by atoms with Crippen molar-refractivity contribution in [3.8, 4) is 0 Å². The topological polar surface area (TPSA) is 97.3 Å². The van der Waals surface area contributed by atoms with Crippen LogP contribution in [0.1, 0.15) is 24.2 Å². The van der Waals surface area contributed by atoms with Crippen molar-refractivity contribution in [1.29, 1.82) is 0 Å². The van der Waals surface area contributed by atoms with E-state index in [1.165, 1.54) is 18.2 Å². The van der Waals surface area contributed by atoms with Gasteiger partial charge in [-0.3, -0.25) is 9.69 Å². The van der Waals surface area contributed by atoms with Crippen LogP contribution in [0.5, 0.6) is 0 Å². The molecule has 136 valence electrons. The first-order chi connectivity index (χ1) is 11.8.